The minimum absolute atomic E-state index is 0.142. The first-order chi connectivity index (χ1) is 17.3. The van der Waals surface area contributed by atoms with Crippen LogP contribution >= 0.6 is 47.2 Å². The molecular formula is C26H19Cl2NO5S2. The van der Waals surface area contributed by atoms with E-state index in [4.69, 9.17) is 44.9 Å². The third kappa shape index (κ3) is 5.52. The molecule has 1 atom stereocenters. The van der Waals surface area contributed by atoms with Gasteiger partial charge in [0.15, 0.2) is 17.5 Å². The summed E-state index contributed by atoms with van der Waals surface area (Å²) in [6.45, 7) is 0.142. The molecule has 1 heterocycles. The lowest BCUT2D eigenvalue weighted by Crippen LogP contribution is -2.37. The molecule has 1 fully saturated rings. The minimum atomic E-state index is -1.22. The summed E-state index contributed by atoms with van der Waals surface area (Å²) in [5.41, 5.74) is 1.77. The van der Waals surface area contributed by atoms with E-state index < -0.39 is 17.9 Å². The average Bonchev–Trinajstić information content (AvgIpc) is 3.12. The van der Waals surface area contributed by atoms with Gasteiger partial charge in [-0.2, -0.15) is 0 Å². The molecule has 1 unspecified atom stereocenters. The Hall–Kier alpha value is -3.04. The number of ether oxygens (including phenoxy) is 2. The molecule has 1 N–H and O–H groups in total. The average molecular weight is 560 g/mol. The predicted octanol–water partition coefficient (Wildman–Crippen LogP) is 6.61. The van der Waals surface area contributed by atoms with Crippen LogP contribution in [0.1, 0.15) is 22.7 Å². The number of carbonyl (C=O) groups is 2. The zero-order valence-electron chi connectivity index (χ0n) is 18.8. The molecule has 0 bridgehead atoms. The molecule has 0 aromatic heterocycles. The van der Waals surface area contributed by atoms with Crippen molar-refractivity contribution < 1.29 is 24.2 Å². The summed E-state index contributed by atoms with van der Waals surface area (Å²) in [6, 6.07) is 17.7. The lowest BCUT2D eigenvalue weighted by atomic mass is 10.1. The Kier molecular flexibility index (Phi) is 8.21. The molecule has 1 aliphatic heterocycles. The molecule has 0 spiro atoms. The van der Waals surface area contributed by atoms with Crippen LogP contribution < -0.4 is 9.47 Å². The normalized spacial score (nSPS) is 15.3. The number of carboxylic acid groups (broad SMARTS) is 1. The summed E-state index contributed by atoms with van der Waals surface area (Å²) in [6.07, 6.45) is 1.64. The van der Waals surface area contributed by atoms with Crippen LogP contribution in [0.25, 0.3) is 6.08 Å². The fourth-order valence-electron chi connectivity index (χ4n) is 3.60. The molecule has 6 nitrogen and oxygen atoms in total. The topological polar surface area (TPSA) is 76.1 Å². The number of halogens is 2. The summed E-state index contributed by atoms with van der Waals surface area (Å²) in [5.74, 6) is -0.738. The van der Waals surface area contributed by atoms with E-state index in [2.05, 4.69) is 0 Å². The first-order valence-electron chi connectivity index (χ1n) is 10.6. The third-order valence-corrected chi connectivity index (χ3v) is 7.39. The minimum Gasteiger partial charge on any atom is -0.493 e. The summed E-state index contributed by atoms with van der Waals surface area (Å²) in [7, 11) is 1.51. The summed E-state index contributed by atoms with van der Waals surface area (Å²) < 4.78 is 11.5. The Bertz CT molecular complexity index is 1340. The van der Waals surface area contributed by atoms with Crippen molar-refractivity contribution in [2.75, 3.05) is 7.11 Å². The van der Waals surface area contributed by atoms with E-state index in [1.54, 1.807) is 72.8 Å². The molecule has 4 rings (SSSR count). The van der Waals surface area contributed by atoms with E-state index >= 15 is 0 Å². The summed E-state index contributed by atoms with van der Waals surface area (Å²) >= 11 is 18.9. The highest BCUT2D eigenvalue weighted by Gasteiger charge is 2.41. The zero-order chi connectivity index (χ0) is 25.8. The van der Waals surface area contributed by atoms with Gasteiger partial charge in [-0.1, -0.05) is 89.6 Å². The van der Waals surface area contributed by atoms with E-state index in [0.29, 0.717) is 43.1 Å². The molecule has 1 aliphatic rings. The number of hydrogen-bond acceptors (Lipinski definition) is 6. The third-order valence-electron chi connectivity index (χ3n) is 5.35. The first kappa shape index (κ1) is 26.0. The van der Waals surface area contributed by atoms with E-state index in [0.717, 1.165) is 16.7 Å². The van der Waals surface area contributed by atoms with Crippen molar-refractivity contribution in [1.29, 1.82) is 0 Å². The number of aliphatic carboxylic acids is 1. The molecule has 0 saturated carbocycles. The fraction of sp³-hybridized carbons (Fsp3) is 0.115. The van der Waals surface area contributed by atoms with Crippen LogP contribution in [-0.2, 0) is 16.2 Å². The van der Waals surface area contributed by atoms with Gasteiger partial charge < -0.3 is 14.6 Å². The standard InChI is InChI=1S/C26H19Cl2NO5S2/c1-33-21-12-15(10-11-20(21)34-14-17-18(27)8-5-9-19(17)28)13-22-24(30)29(26(35)36-22)23(25(31)32)16-6-3-2-4-7-16/h2-13,23H,14H2,1H3,(H,31,32)/b22-13-. The second kappa shape index (κ2) is 11.3. The second-order valence-electron chi connectivity index (χ2n) is 7.60. The largest absolute Gasteiger partial charge is 0.493 e. The summed E-state index contributed by atoms with van der Waals surface area (Å²) in [5, 5.41) is 10.8. The fourth-order valence-corrected chi connectivity index (χ4v) is 5.42. The van der Waals surface area contributed by atoms with Crippen LogP contribution in [0.5, 0.6) is 11.5 Å². The SMILES string of the molecule is COc1cc(/C=C2\SC(=S)N(C(C(=O)O)c3ccccc3)C2=O)ccc1OCc1c(Cl)cccc1Cl. The number of hydrogen-bond donors (Lipinski definition) is 1. The molecule has 1 saturated heterocycles. The van der Waals surface area contributed by atoms with Gasteiger partial charge in [-0.15, -0.1) is 0 Å². The van der Waals surface area contributed by atoms with Crippen molar-refractivity contribution in [2.24, 2.45) is 0 Å². The molecule has 0 radical (unpaired) electrons. The van der Waals surface area contributed by atoms with Crippen LogP contribution in [0.4, 0.5) is 0 Å². The highest BCUT2D eigenvalue weighted by atomic mass is 35.5. The van der Waals surface area contributed by atoms with Gasteiger partial charge in [-0.25, -0.2) is 4.79 Å². The van der Waals surface area contributed by atoms with Crippen LogP contribution in [0.3, 0.4) is 0 Å². The van der Waals surface area contributed by atoms with Crippen molar-refractivity contribution in [1.82, 2.24) is 4.90 Å². The van der Waals surface area contributed by atoms with Gasteiger partial charge in [0, 0.05) is 15.6 Å². The number of rotatable bonds is 8. The van der Waals surface area contributed by atoms with E-state index in [1.807, 2.05) is 0 Å². The Morgan fingerprint density at radius 1 is 1.08 bits per heavy atom. The summed E-state index contributed by atoms with van der Waals surface area (Å²) in [4.78, 5) is 26.7. The monoisotopic (exact) mass is 559 g/mol. The van der Waals surface area contributed by atoms with E-state index in [-0.39, 0.29) is 10.9 Å². The lowest BCUT2D eigenvalue weighted by molar-refractivity contribution is -0.145. The lowest BCUT2D eigenvalue weighted by Gasteiger charge is -2.23. The number of carbonyl (C=O) groups excluding carboxylic acids is 1. The van der Waals surface area contributed by atoms with Crippen molar-refractivity contribution in [3.05, 3.63) is 98.4 Å². The maximum atomic E-state index is 13.2. The van der Waals surface area contributed by atoms with Crippen molar-refractivity contribution >= 4 is 69.5 Å². The second-order valence-corrected chi connectivity index (χ2v) is 10.1. The van der Waals surface area contributed by atoms with Crippen molar-refractivity contribution in [3.8, 4) is 11.5 Å². The molecular weight excluding hydrogens is 541 g/mol. The van der Waals surface area contributed by atoms with Gasteiger partial charge in [0.25, 0.3) is 5.91 Å². The van der Waals surface area contributed by atoms with Crippen LogP contribution in [0, 0.1) is 0 Å². The molecule has 3 aromatic carbocycles. The number of nitrogens with zero attached hydrogens (tertiary/aromatic N) is 1. The first-order valence-corrected chi connectivity index (χ1v) is 12.6. The van der Waals surface area contributed by atoms with Gasteiger partial charge in [0.2, 0.25) is 0 Å². The molecule has 184 valence electrons. The quantitative estimate of drug-likeness (QED) is 0.246. The number of methoxy groups -OCH3 is 1. The molecule has 10 heteroatoms. The van der Waals surface area contributed by atoms with Crippen LogP contribution in [-0.4, -0.2) is 33.3 Å². The Morgan fingerprint density at radius 3 is 2.42 bits per heavy atom. The number of benzene rings is 3. The van der Waals surface area contributed by atoms with Crippen LogP contribution in [0.2, 0.25) is 10.0 Å². The van der Waals surface area contributed by atoms with Gasteiger partial charge in [0.1, 0.15) is 10.9 Å². The Morgan fingerprint density at radius 2 is 1.78 bits per heavy atom. The van der Waals surface area contributed by atoms with Crippen molar-refractivity contribution in [2.45, 2.75) is 12.6 Å². The number of thioether (sulfide) groups is 1. The molecule has 1 amide bonds. The van der Waals surface area contributed by atoms with Gasteiger partial charge in [0.05, 0.1) is 12.0 Å². The van der Waals surface area contributed by atoms with Crippen LogP contribution in [0.15, 0.2) is 71.6 Å². The maximum absolute atomic E-state index is 13.2. The Balaban J connectivity index is 1.57. The van der Waals surface area contributed by atoms with Gasteiger partial charge >= 0.3 is 5.97 Å². The van der Waals surface area contributed by atoms with Crippen molar-refractivity contribution in [3.63, 3.8) is 0 Å². The molecule has 0 aliphatic carbocycles. The number of thiocarbonyl (C=S) groups is 1. The highest BCUT2D eigenvalue weighted by molar-refractivity contribution is 8.26. The smallest absolute Gasteiger partial charge is 0.331 e. The predicted molar refractivity (Wildman–Crippen MR) is 146 cm³/mol. The molecule has 36 heavy (non-hydrogen) atoms. The van der Waals surface area contributed by atoms with Gasteiger partial charge in [-0.3, -0.25) is 9.69 Å². The Labute approximate surface area is 227 Å². The van der Waals surface area contributed by atoms with Gasteiger partial charge in [-0.05, 0) is 41.5 Å². The maximum Gasteiger partial charge on any atom is 0.331 e. The number of amides is 1. The zero-order valence-corrected chi connectivity index (χ0v) is 22.0. The van der Waals surface area contributed by atoms with E-state index in [9.17, 15) is 14.7 Å². The highest BCUT2D eigenvalue weighted by Crippen LogP contribution is 2.39. The van der Waals surface area contributed by atoms with E-state index in [1.165, 1.54) is 7.11 Å². The molecule has 3 aromatic rings. The number of carboxylic acids is 1.